The number of benzene rings is 2. The van der Waals surface area contributed by atoms with Crippen molar-refractivity contribution in [1.82, 2.24) is 0 Å². The van der Waals surface area contributed by atoms with Gasteiger partial charge in [-0.15, -0.1) is 0 Å². The van der Waals surface area contributed by atoms with Crippen molar-refractivity contribution in [1.29, 1.82) is 0 Å². The maximum Gasteiger partial charge on any atom is 0.463 e. The first-order chi connectivity index (χ1) is 19.1. The van der Waals surface area contributed by atoms with Gasteiger partial charge in [0.2, 0.25) is 0 Å². The molecule has 18 heteroatoms. The molecule has 0 spiro atoms. The lowest BCUT2D eigenvalue weighted by Crippen LogP contribution is -2.51. The number of hydrogen-bond acceptors (Lipinski definition) is 4. The quantitative estimate of drug-likeness (QED) is 0.299. The fourth-order valence-electron chi connectivity index (χ4n) is 4.45. The highest BCUT2D eigenvalue weighted by Gasteiger charge is 2.64. The summed E-state index contributed by atoms with van der Waals surface area (Å²) >= 11 is 0. The van der Waals surface area contributed by atoms with E-state index < -0.39 is 83.0 Å². The van der Waals surface area contributed by atoms with E-state index in [0.29, 0.717) is 0 Å². The van der Waals surface area contributed by atoms with Crippen LogP contribution in [0.15, 0.2) is 48.5 Å². The topological polar surface area (TPSA) is 133 Å². The van der Waals surface area contributed by atoms with Gasteiger partial charge >= 0.3 is 48.0 Å². The van der Waals surface area contributed by atoms with Gasteiger partial charge in [0.15, 0.2) is 0 Å². The zero-order chi connectivity index (χ0) is 32.0. The molecule has 8 nitrogen and oxygen atoms in total. The zero-order valence-corrected chi connectivity index (χ0v) is 20.2. The number of carbonyl (C=O) groups excluding carboxylic acids is 2. The van der Waals surface area contributed by atoms with Gasteiger partial charge in [0.1, 0.15) is 0 Å². The fourth-order valence-corrected chi connectivity index (χ4v) is 4.45. The zero-order valence-electron chi connectivity index (χ0n) is 20.2. The molecule has 1 saturated carbocycles. The van der Waals surface area contributed by atoms with E-state index in [0.717, 1.165) is 48.5 Å². The number of rotatable bonds is 8. The molecule has 2 aromatic rings. The Hall–Kier alpha value is -4.38. The maximum absolute atomic E-state index is 13.2. The minimum absolute atomic E-state index is 0.00936. The molecule has 1 aliphatic carbocycles. The second kappa shape index (κ2) is 10.8. The second-order valence-electron chi connectivity index (χ2n) is 9.08. The highest BCUT2D eigenvalue weighted by atomic mass is 19.4. The summed E-state index contributed by atoms with van der Waals surface area (Å²) < 4.78 is 127. The number of carbonyl (C=O) groups is 4. The van der Waals surface area contributed by atoms with Crippen LogP contribution in [0.4, 0.5) is 55.3 Å². The van der Waals surface area contributed by atoms with Crippen LogP contribution in [0, 0.1) is 11.8 Å². The smallest absolute Gasteiger partial charge is 0.463 e. The van der Waals surface area contributed by atoms with Gasteiger partial charge in [0.25, 0.3) is 0 Å². The number of anilines is 2. The molecular formula is C24H16F10N2O6. The highest BCUT2D eigenvalue weighted by Crippen LogP contribution is 2.58. The summed E-state index contributed by atoms with van der Waals surface area (Å²) in [6.07, 6.45) is -12.4. The van der Waals surface area contributed by atoms with Crippen LogP contribution in [0.1, 0.15) is 23.0 Å². The lowest BCUT2D eigenvalue weighted by Gasteiger charge is -2.48. The monoisotopic (exact) mass is 618 g/mol. The van der Waals surface area contributed by atoms with Crippen LogP contribution in [0.2, 0.25) is 0 Å². The molecule has 2 aromatic carbocycles. The number of hydrogen-bond donors (Lipinski definition) is 4. The van der Waals surface area contributed by atoms with Crippen molar-refractivity contribution < 1.29 is 73.3 Å². The van der Waals surface area contributed by atoms with Crippen LogP contribution >= 0.6 is 0 Å². The predicted molar refractivity (Wildman–Crippen MR) is 120 cm³/mol. The first kappa shape index (κ1) is 32.1. The van der Waals surface area contributed by atoms with Crippen molar-refractivity contribution >= 4 is 35.1 Å². The summed E-state index contributed by atoms with van der Waals surface area (Å²) in [6.45, 7) is 0. The van der Waals surface area contributed by atoms with Gasteiger partial charge < -0.3 is 20.8 Å². The van der Waals surface area contributed by atoms with Crippen LogP contribution in [0.3, 0.4) is 0 Å². The van der Waals surface area contributed by atoms with Gasteiger partial charge in [0, 0.05) is 23.2 Å². The van der Waals surface area contributed by atoms with Gasteiger partial charge in [-0.1, -0.05) is 24.3 Å². The Morgan fingerprint density at radius 2 is 0.786 bits per heavy atom. The van der Waals surface area contributed by atoms with E-state index in [-0.39, 0.29) is 11.1 Å². The first-order valence-electron chi connectivity index (χ1n) is 11.3. The fraction of sp³-hybridized carbons (Fsp3) is 0.333. The van der Waals surface area contributed by atoms with E-state index >= 15 is 0 Å². The lowest BCUT2D eigenvalue weighted by atomic mass is 9.52. The van der Waals surface area contributed by atoms with E-state index in [1.54, 1.807) is 0 Å². The summed E-state index contributed by atoms with van der Waals surface area (Å²) in [6, 6.07) is 7.42. The molecule has 0 aliphatic heterocycles. The minimum Gasteiger partial charge on any atom is -0.481 e. The minimum atomic E-state index is -6.18. The third-order valence-corrected chi connectivity index (χ3v) is 6.51. The average Bonchev–Trinajstić information content (AvgIpc) is 2.83. The van der Waals surface area contributed by atoms with Crippen LogP contribution in [-0.4, -0.2) is 58.2 Å². The Balaban J connectivity index is 1.83. The number of carboxylic acid groups (broad SMARTS) is 2. The van der Waals surface area contributed by atoms with E-state index in [1.165, 1.54) is 10.6 Å². The third-order valence-electron chi connectivity index (χ3n) is 6.51. The summed E-state index contributed by atoms with van der Waals surface area (Å²) in [7, 11) is 0. The molecule has 2 amide bonds. The number of amides is 2. The third kappa shape index (κ3) is 5.82. The Morgan fingerprint density at radius 1 is 0.524 bits per heavy atom. The number of nitrogens with one attached hydrogen (secondary N) is 2. The van der Waals surface area contributed by atoms with Crippen molar-refractivity contribution in [3.8, 4) is 0 Å². The molecule has 4 N–H and O–H groups in total. The van der Waals surface area contributed by atoms with Crippen LogP contribution < -0.4 is 10.6 Å². The van der Waals surface area contributed by atoms with E-state index in [9.17, 15) is 73.3 Å². The molecule has 0 heterocycles. The lowest BCUT2D eigenvalue weighted by molar-refractivity contribution is -0.267. The molecular weight excluding hydrogens is 602 g/mol. The molecule has 1 fully saturated rings. The highest BCUT2D eigenvalue weighted by molar-refractivity contribution is 5.97. The molecule has 0 saturated heterocycles. The van der Waals surface area contributed by atoms with Gasteiger partial charge in [0.05, 0.1) is 11.8 Å². The van der Waals surface area contributed by atoms with Crippen LogP contribution in [0.5, 0.6) is 0 Å². The predicted octanol–water partition coefficient (Wildman–Crippen LogP) is 5.24. The molecule has 0 unspecified atom stereocenters. The summed E-state index contributed by atoms with van der Waals surface area (Å²) in [5.41, 5.74) is -1.11. The average molecular weight is 618 g/mol. The molecule has 228 valence electrons. The molecule has 0 aromatic heterocycles. The van der Waals surface area contributed by atoms with Crippen molar-refractivity contribution in [2.45, 2.75) is 36.0 Å². The normalized spacial score (nSPS) is 21.2. The van der Waals surface area contributed by atoms with Crippen molar-refractivity contribution in [3.63, 3.8) is 0 Å². The largest absolute Gasteiger partial charge is 0.481 e. The molecule has 0 radical (unpaired) electrons. The van der Waals surface area contributed by atoms with E-state index in [1.807, 2.05) is 0 Å². The molecule has 0 atom stereocenters. The standard InChI is InChI=1S/C24H16F10N2O6/c25-21(26,23(29,30)31)19(41)35-11-5-1-9(2-6-11)13-15(17(37)38)14(16(13)18(39)40)10-3-7-12(8-4-10)36-20(42)22(27,28)24(32,33)34/h1-8,13-16H,(H,35,41)(H,36,42)(H,37,38)(H,39,40). The van der Waals surface area contributed by atoms with Crippen molar-refractivity contribution in [2.24, 2.45) is 11.8 Å². The number of aliphatic carboxylic acids is 2. The summed E-state index contributed by atoms with van der Waals surface area (Å²) in [5, 5.41) is 22.3. The Kier molecular flexibility index (Phi) is 8.26. The maximum atomic E-state index is 13.2. The van der Waals surface area contributed by atoms with Crippen LogP contribution in [-0.2, 0) is 19.2 Å². The number of carboxylic acids is 2. The van der Waals surface area contributed by atoms with Gasteiger partial charge in [-0.3, -0.25) is 19.2 Å². The second-order valence-corrected chi connectivity index (χ2v) is 9.08. The molecule has 0 bridgehead atoms. The van der Waals surface area contributed by atoms with Crippen molar-refractivity contribution in [2.75, 3.05) is 10.6 Å². The van der Waals surface area contributed by atoms with Gasteiger partial charge in [-0.25, -0.2) is 0 Å². The SMILES string of the molecule is O=C(O)C1C(c2ccc(NC(=O)C(F)(F)C(F)(F)F)cc2)C(C(=O)O)C1c1ccc(NC(=O)C(F)(F)C(F)(F)F)cc1. The Morgan fingerprint density at radius 3 is 1.00 bits per heavy atom. The summed E-state index contributed by atoms with van der Waals surface area (Å²) in [5.74, 6) is -25.5. The molecule has 42 heavy (non-hydrogen) atoms. The molecule has 3 rings (SSSR count). The van der Waals surface area contributed by atoms with E-state index in [4.69, 9.17) is 0 Å². The van der Waals surface area contributed by atoms with E-state index in [2.05, 4.69) is 0 Å². The van der Waals surface area contributed by atoms with Crippen LogP contribution in [0.25, 0.3) is 0 Å². The van der Waals surface area contributed by atoms with Gasteiger partial charge in [-0.05, 0) is 35.4 Å². The van der Waals surface area contributed by atoms with Crippen molar-refractivity contribution in [3.05, 3.63) is 59.7 Å². The molecule has 1 aliphatic rings. The van der Waals surface area contributed by atoms with Gasteiger partial charge in [-0.2, -0.15) is 43.9 Å². The number of halogens is 10. The number of alkyl halides is 10. The Bertz CT molecular complexity index is 1260. The Labute approximate surface area is 227 Å². The summed E-state index contributed by atoms with van der Waals surface area (Å²) in [4.78, 5) is 46.9. The first-order valence-corrected chi connectivity index (χ1v) is 11.3.